The van der Waals surface area contributed by atoms with Gasteiger partial charge < -0.3 is 9.47 Å². The highest BCUT2D eigenvalue weighted by Crippen LogP contribution is 2.16. The molecule has 0 aliphatic heterocycles. The average molecular weight is 363 g/mol. The second-order valence-corrected chi connectivity index (χ2v) is 5.81. The molecule has 2 aromatic carbocycles. The fraction of sp³-hybridized carbons (Fsp3) is 0.200. The number of rotatable bonds is 6. The second kappa shape index (κ2) is 8.15. The van der Waals surface area contributed by atoms with Gasteiger partial charge in [0.25, 0.3) is 5.56 Å². The van der Waals surface area contributed by atoms with E-state index in [0.717, 1.165) is 5.56 Å². The van der Waals surface area contributed by atoms with Gasteiger partial charge in [-0.15, -0.1) is 0 Å². The number of aryl methyl sites for hydroxylation is 1. The predicted octanol–water partition coefficient (Wildman–Crippen LogP) is 2.35. The maximum absolute atomic E-state index is 12.5. The lowest BCUT2D eigenvalue weighted by Gasteiger charge is -2.12. The van der Waals surface area contributed by atoms with Gasteiger partial charge in [-0.3, -0.25) is 9.36 Å². The van der Waals surface area contributed by atoms with E-state index in [2.05, 4.69) is 4.98 Å². The molecule has 27 heavy (non-hydrogen) atoms. The summed E-state index contributed by atoms with van der Waals surface area (Å²) in [6.07, 6.45) is 0. The zero-order chi connectivity index (χ0) is 19.2. The van der Waals surface area contributed by atoms with Crippen LogP contribution in [0.2, 0.25) is 0 Å². The average Bonchev–Trinajstić information content (AvgIpc) is 2.68. The molecular weight excluding hydrogens is 346 g/mol. The topological polar surface area (TPSA) is 94.2 Å². The molecule has 0 amide bonds. The van der Waals surface area contributed by atoms with E-state index in [1.54, 1.807) is 30.3 Å². The Bertz CT molecular complexity index is 1080. The third-order valence-electron chi connectivity index (χ3n) is 3.97. The maximum atomic E-state index is 12.5. The summed E-state index contributed by atoms with van der Waals surface area (Å²) < 4.78 is 11.8. The number of esters is 1. The van der Waals surface area contributed by atoms with Crippen LogP contribution < -0.4 is 10.3 Å². The standard InChI is InChI=1S/C20H17N3O4/c1-14-6-2-5-9-17(14)26-13-19(24)27-12-18-22-16-8-4-3-7-15(16)20(25)23(18)11-10-21/h2-9H,11-13H2,1H3. The molecule has 0 fully saturated rings. The van der Waals surface area contributed by atoms with Crippen LogP contribution in [0.1, 0.15) is 11.4 Å². The number of fused-ring (bicyclic) bond motifs is 1. The van der Waals surface area contributed by atoms with Gasteiger partial charge in [-0.25, -0.2) is 9.78 Å². The first kappa shape index (κ1) is 18.1. The molecule has 3 rings (SSSR count). The molecule has 0 atom stereocenters. The molecule has 7 heteroatoms. The van der Waals surface area contributed by atoms with Crippen LogP contribution in [0.15, 0.2) is 53.3 Å². The highest BCUT2D eigenvalue weighted by molar-refractivity contribution is 5.77. The Morgan fingerprint density at radius 2 is 1.93 bits per heavy atom. The number of hydrogen-bond acceptors (Lipinski definition) is 6. The molecule has 3 aromatic rings. The quantitative estimate of drug-likeness (QED) is 0.624. The van der Waals surface area contributed by atoms with Gasteiger partial charge >= 0.3 is 5.97 Å². The second-order valence-electron chi connectivity index (χ2n) is 5.81. The lowest BCUT2D eigenvalue weighted by Crippen LogP contribution is -2.26. The molecule has 1 aromatic heterocycles. The fourth-order valence-electron chi connectivity index (χ4n) is 2.60. The summed E-state index contributed by atoms with van der Waals surface area (Å²) in [5.74, 6) is 0.216. The highest BCUT2D eigenvalue weighted by Gasteiger charge is 2.13. The van der Waals surface area contributed by atoms with Gasteiger partial charge in [0.2, 0.25) is 0 Å². The van der Waals surface area contributed by atoms with Gasteiger partial charge in [-0.1, -0.05) is 30.3 Å². The summed E-state index contributed by atoms with van der Waals surface area (Å²) in [5, 5.41) is 9.40. The largest absolute Gasteiger partial charge is 0.482 e. The smallest absolute Gasteiger partial charge is 0.344 e. The Hall–Kier alpha value is -3.66. The molecule has 7 nitrogen and oxygen atoms in total. The third kappa shape index (κ3) is 4.12. The Labute approximate surface area is 155 Å². The van der Waals surface area contributed by atoms with Gasteiger partial charge in [0.1, 0.15) is 18.9 Å². The third-order valence-corrected chi connectivity index (χ3v) is 3.97. The highest BCUT2D eigenvalue weighted by atomic mass is 16.6. The normalized spacial score (nSPS) is 10.4. The van der Waals surface area contributed by atoms with Crippen molar-refractivity contribution in [2.45, 2.75) is 20.1 Å². The number of nitriles is 1. The first-order valence-corrected chi connectivity index (χ1v) is 8.29. The van der Waals surface area contributed by atoms with Crippen LogP contribution >= 0.6 is 0 Å². The van der Waals surface area contributed by atoms with Crippen LogP contribution in [-0.4, -0.2) is 22.1 Å². The molecule has 136 valence electrons. The van der Waals surface area contributed by atoms with Crippen LogP contribution in [0, 0.1) is 18.3 Å². The summed E-state index contributed by atoms with van der Waals surface area (Å²) in [7, 11) is 0. The van der Waals surface area contributed by atoms with Crippen molar-refractivity contribution in [1.29, 1.82) is 5.26 Å². The van der Waals surface area contributed by atoms with E-state index < -0.39 is 5.97 Å². The summed E-state index contributed by atoms with van der Waals surface area (Å²) in [6.45, 7) is 1.21. The van der Waals surface area contributed by atoms with Crippen molar-refractivity contribution in [3.63, 3.8) is 0 Å². The SMILES string of the molecule is Cc1ccccc1OCC(=O)OCc1nc2ccccc2c(=O)n1CC#N. The summed E-state index contributed by atoms with van der Waals surface area (Å²) >= 11 is 0. The molecule has 0 saturated heterocycles. The van der Waals surface area contributed by atoms with E-state index in [4.69, 9.17) is 14.7 Å². The number of benzene rings is 2. The van der Waals surface area contributed by atoms with E-state index in [-0.39, 0.29) is 31.1 Å². The van der Waals surface area contributed by atoms with Crippen LogP contribution in [-0.2, 0) is 22.7 Å². The summed E-state index contributed by atoms with van der Waals surface area (Å²) in [5.41, 5.74) is 1.05. The van der Waals surface area contributed by atoms with Gasteiger partial charge in [0.05, 0.1) is 17.0 Å². The van der Waals surface area contributed by atoms with Crippen molar-refractivity contribution >= 4 is 16.9 Å². The predicted molar refractivity (Wildman–Crippen MR) is 98.1 cm³/mol. The van der Waals surface area contributed by atoms with Crippen LogP contribution in [0.25, 0.3) is 10.9 Å². The molecule has 0 bridgehead atoms. The first-order chi connectivity index (χ1) is 13.1. The minimum Gasteiger partial charge on any atom is -0.482 e. The van der Waals surface area contributed by atoms with Crippen molar-refractivity contribution in [3.8, 4) is 11.8 Å². The zero-order valence-corrected chi connectivity index (χ0v) is 14.7. The Morgan fingerprint density at radius 1 is 1.19 bits per heavy atom. The molecule has 1 heterocycles. The maximum Gasteiger partial charge on any atom is 0.344 e. The van der Waals surface area contributed by atoms with Crippen LogP contribution in [0.4, 0.5) is 0 Å². The minimum atomic E-state index is -0.593. The molecule has 0 unspecified atom stereocenters. The molecule has 0 saturated carbocycles. The molecule has 0 spiro atoms. The number of ether oxygens (including phenoxy) is 2. The van der Waals surface area contributed by atoms with Crippen LogP contribution in [0.5, 0.6) is 5.75 Å². The zero-order valence-electron chi connectivity index (χ0n) is 14.7. The lowest BCUT2D eigenvalue weighted by molar-refractivity contribution is -0.147. The van der Waals surface area contributed by atoms with E-state index in [9.17, 15) is 9.59 Å². The lowest BCUT2D eigenvalue weighted by atomic mass is 10.2. The number of para-hydroxylation sites is 2. The first-order valence-electron chi connectivity index (χ1n) is 8.29. The number of nitrogens with zero attached hydrogens (tertiary/aromatic N) is 3. The van der Waals surface area contributed by atoms with Crippen molar-refractivity contribution in [2.75, 3.05) is 6.61 Å². The summed E-state index contributed by atoms with van der Waals surface area (Å²) in [4.78, 5) is 28.9. The van der Waals surface area contributed by atoms with E-state index in [1.165, 1.54) is 4.57 Å². The molecule has 0 N–H and O–H groups in total. The van der Waals surface area contributed by atoms with Gasteiger partial charge in [-0.05, 0) is 30.7 Å². The monoisotopic (exact) mass is 363 g/mol. The van der Waals surface area contributed by atoms with Crippen molar-refractivity contribution in [3.05, 3.63) is 70.3 Å². The fourth-order valence-corrected chi connectivity index (χ4v) is 2.60. The number of hydrogen-bond donors (Lipinski definition) is 0. The molecule has 0 aliphatic rings. The van der Waals surface area contributed by atoms with Gasteiger partial charge in [0, 0.05) is 0 Å². The van der Waals surface area contributed by atoms with Crippen molar-refractivity contribution in [1.82, 2.24) is 9.55 Å². The minimum absolute atomic E-state index is 0.177. The Morgan fingerprint density at radius 3 is 2.70 bits per heavy atom. The van der Waals surface area contributed by atoms with Gasteiger partial charge in [-0.2, -0.15) is 5.26 Å². The number of carbonyl (C=O) groups excluding carboxylic acids is 1. The summed E-state index contributed by atoms with van der Waals surface area (Å²) in [6, 6.07) is 16.1. The van der Waals surface area contributed by atoms with Crippen LogP contribution in [0.3, 0.4) is 0 Å². The van der Waals surface area contributed by atoms with E-state index in [1.807, 2.05) is 31.2 Å². The molecular formula is C20H17N3O4. The Kier molecular flexibility index (Phi) is 5.47. The van der Waals surface area contributed by atoms with E-state index in [0.29, 0.717) is 16.7 Å². The molecule has 0 radical (unpaired) electrons. The molecule has 0 aliphatic carbocycles. The number of aromatic nitrogens is 2. The van der Waals surface area contributed by atoms with Gasteiger partial charge in [0.15, 0.2) is 12.4 Å². The van der Waals surface area contributed by atoms with Crippen molar-refractivity contribution in [2.24, 2.45) is 0 Å². The van der Waals surface area contributed by atoms with E-state index >= 15 is 0 Å². The van der Waals surface area contributed by atoms with Crippen molar-refractivity contribution < 1.29 is 14.3 Å². The Balaban J connectivity index is 1.73. The number of carbonyl (C=O) groups is 1.